The summed E-state index contributed by atoms with van der Waals surface area (Å²) in [5, 5.41) is 11.6. The van der Waals surface area contributed by atoms with Gasteiger partial charge in [-0.3, -0.25) is 9.69 Å². The van der Waals surface area contributed by atoms with Crippen LogP contribution in [0.5, 0.6) is 0 Å². The second-order valence-corrected chi connectivity index (χ2v) is 7.25. The molecule has 0 unspecified atom stereocenters. The van der Waals surface area contributed by atoms with Crippen molar-refractivity contribution in [2.45, 2.75) is 33.0 Å². The molecule has 144 valence electrons. The third kappa shape index (κ3) is 4.28. The first-order chi connectivity index (χ1) is 13.7. The molecule has 1 N–H and O–H groups in total. The molecule has 1 aromatic heterocycles. The SMILES string of the molecule is Cc1cccc(CN2CCc3nnc(CNC(=O)c4ccccc4)n3CC2)c1. The number of nitrogens with zero attached hydrogens (tertiary/aromatic N) is 4. The van der Waals surface area contributed by atoms with E-state index in [1.54, 1.807) is 0 Å². The van der Waals surface area contributed by atoms with E-state index in [4.69, 9.17) is 0 Å². The Balaban J connectivity index is 1.37. The van der Waals surface area contributed by atoms with Crippen LogP contribution in [-0.2, 0) is 26.1 Å². The molecule has 0 radical (unpaired) electrons. The highest BCUT2D eigenvalue weighted by Crippen LogP contribution is 2.13. The van der Waals surface area contributed by atoms with Gasteiger partial charge in [-0.25, -0.2) is 0 Å². The lowest BCUT2D eigenvalue weighted by atomic mass is 10.1. The van der Waals surface area contributed by atoms with Crippen molar-refractivity contribution >= 4 is 5.91 Å². The molecule has 2 aromatic carbocycles. The van der Waals surface area contributed by atoms with Gasteiger partial charge in [0.25, 0.3) is 5.91 Å². The molecule has 0 aliphatic carbocycles. The third-order valence-electron chi connectivity index (χ3n) is 5.13. The summed E-state index contributed by atoms with van der Waals surface area (Å²) in [5.41, 5.74) is 3.29. The fourth-order valence-corrected chi connectivity index (χ4v) is 3.64. The van der Waals surface area contributed by atoms with Crippen LogP contribution in [0.3, 0.4) is 0 Å². The van der Waals surface area contributed by atoms with Crippen molar-refractivity contribution in [2.75, 3.05) is 13.1 Å². The number of rotatable bonds is 5. The van der Waals surface area contributed by atoms with Crippen LogP contribution in [0.1, 0.15) is 33.1 Å². The van der Waals surface area contributed by atoms with Crippen molar-refractivity contribution in [1.29, 1.82) is 0 Å². The van der Waals surface area contributed by atoms with Gasteiger partial charge in [0.2, 0.25) is 0 Å². The zero-order chi connectivity index (χ0) is 19.3. The number of benzene rings is 2. The quantitative estimate of drug-likeness (QED) is 0.745. The van der Waals surface area contributed by atoms with E-state index in [-0.39, 0.29) is 5.91 Å². The number of hydrogen-bond donors (Lipinski definition) is 1. The third-order valence-corrected chi connectivity index (χ3v) is 5.13. The summed E-state index contributed by atoms with van der Waals surface area (Å²) >= 11 is 0. The van der Waals surface area contributed by atoms with Crippen molar-refractivity contribution in [3.63, 3.8) is 0 Å². The second kappa shape index (κ2) is 8.35. The Bertz CT molecular complexity index is 951. The van der Waals surface area contributed by atoms with Crippen LogP contribution in [0, 0.1) is 6.92 Å². The van der Waals surface area contributed by atoms with E-state index in [2.05, 4.69) is 56.2 Å². The molecule has 0 fully saturated rings. The molecule has 6 heteroatoms. The van der Waals surface area contributed by atoms with Gasteiger partial charge in [-0.15, -0.1) is 10.2 Å². The predicted molar refractivity (Wildman–Crippen MR) is 108 cm³/mol. The van der Waals surface area contributed by atoms with Crippen molar-refractivity contribution in [3.05, 3.63) is 82.9 Å². The molecule has 1 aliphatic rings. The van der Waals surface area contributed by atoms with Gasteiger partial charge >= 0.3 is 0 Å². The van der Waals surface area contributed by atoms with E-state index in [1.165, 1.54) is 11.1 Å². The summed E-state index contributed by atoms with van der Waals surface area (Å²) in [5.74, 6) is 1.72. The normalized spacial score (nSPS) is 14.3. The Labute approximate surface area is 165 Å². The topological polar surface area (TPSA) is 63.1 Å². The summed E-state index contributed by atoms with van der Waals surface area (Å²) in [4.78, 5) is 14.7. The zero-order valence-corrected chi connectivity index (χ0v) is 16.1. The Morgan fingerprint density at radius 3 is 2.71 bits per heavy atom. The van der Waals surface area contributed by atoms with Crippen LogP contribution in [0.4, 0.5) is 0 Å². The van der Waals surface area contributed by atoms with Crippen molar-refractivity contribution in [1.82, 2.24) is 25.0 Å². The average Bonchev–Trinajstić information content (AvgIpc) is 2.99. The Morgan fingerprint density at radius 1 is 1.04 bits per heavy atom. The molecule has 0 bridgehead atoms. The maximum atomic E-state index is 12.3. The van der Waals surface area contributed by atoms with E-state index in [1.807, 2.05) is 30.3 Å². The standard InChI is InChI=1S/C22H25N5O/c1-17-6-5-7-18(14-17)16-26-11-10-20-24-25-21(27(20)13-12-26)15-23-22(28)19-8-3-2-4-9-19/h2-9,14H,10-13,15-16H2,1H3,(H,23,28). The minimum atomic E-state index is -0.0901. The van der Waals surface area contributed by atoms with E-state index in [0.717, 1.165) is 44.2 Å². The van der Waals surface area contributed by atoms with E-state index < -0.39 is 0 Å². The van der Waals surface area contributed by atoms with Gasteiger partial charge in [0.15, 0.2) is 5.82 Å². The molecule has 6 nitrogen and oxygen atoms in total. The highest BCUT2D eigenvalue weighted by molar-refractivity contribution is 5.93. The molecule has 1 amide bonds. The Kier molecular flexibility index (Phi) is 5.48. The highest BCUT2D eigenvalue weighted by Gasteiger charge is 2.19. The van der Waals surface area contributed by atoms with E-state index in [9.17, 15) is 4.79 Å². The smallest absolute Gasteiger partial charge is 0.251 e. The number of hydrogen-bond acceptors (Lipinski definition) is 4. The van der Waals surface area contributed by atoms with Gasteiger partial charge in [0, 0.05) is 38.2 Å². The number of aryl methyl sites for hydroxylation is 1. The minimum Gasteiger partial charge on any atom is -0.345 e. The van der Waals surface area contributed by atoms with Crippen molar-refractivity contribution in [3.8, 4) is 0 Å². The molecule has 3 aromatic rings. The minimum absolute atomic E-state index is 0.0901. The molecular weight excluding hydrogens is 350 g/mol. The van der Waals surface area contributed by atoms with Crippen LogP contribution in [0.25, 0.3) is 0 Å². The predicted octanol–water partition coefficient (Wildman–Crippen LogP) is 2.57. The first kappa shape index (κ1) is 18.4. The van der Waals surface area contributed by atoms with Gasteiger partial charge in [-0.1, -0.05) is 48.0 Å². The Hall–Kier alpha value is -2.99. The molecule has 0 spiro atoms. The Morgan fingerprint density at radius 2 is 1.89 bits per heavy atom. The molecule has 0 saturated carbocycles. The second-order valence-electron chi connectivity index (χ2n) is 7.25. The first-order valence-electron chi connectivity index (χ1n) is 9.71. The maximum Gasteiger partial charge on any atom is 0.251 e. The van der Waals surface area contributed by atoms with Crippen molar-refractivity contribution < 1.29 is 4.79 Å². The zero-order valence-electron chi connectivity index (χ0n) is 16.1. The molecule has 2 heterocycles. The fraction of sp³-hybridized carbons (Fsp3) is 0.318. The number of aromatic nitrogens is 3. The van der Waals surface area contributed by atoms with Gasteiger partial charge in [-0.05, 0) is 24.6 Å². The molecule has 4 rings (SSSR count). The van der Waals surface area contributed by atoms with E-state index >= 15 is 0 Å². The van der Waals surface area contributed by atoms with Gasteiger partial charge in [0.05, 0.1) is 6.54 Å². The lowest BCUT2D eigenvalue weighted by Crippen LogP contribution is -2.28. The lowest BCUT2D eigenvalue weighted by Gasteiger charge is -2.20. The lowest BCUT2D eigenvalue weighted by molar-refractivity contribution is 0.0949. The van der Waals surface area contributed by atoms with Crippen molar-refractivity contribution in [2.24, 2.45) is 0 Å². The van der Waals surface area contributed by atoms with Crippen LogP contribution < -0.4 is 5.32 Å². The molecule has 28 heavy (non-hydrogen) atoms. The summed E-state index contributed by atoms with van der Waals surface area (Å²) in [6.45, 7) is 6.20. The maximum absolute atomic E-state index is 12.3. The number of nitrogens with one attached hydrogen (secondary N) is 1. The molecule has 1 aliphatic heterocycles. The highest BCUT2D eigenvalue weighted by atomic mass is 16.1. The monoisotopic (exact) mass is 375 g/mol. The van der Waals surface area contributed by atoms with Gasteiger partial charge in [-0.2, -0.15) is 0 Å². The fourth-order valence-electron chi connectivity index (χ4n) is 3.64. The van der Waals surface area contributed by atoms with Gasteiger partial charge < -0.3 is 9.88 Å². The molecule has 0 saturated heterocycles. The number of carbonyl (C=O) groups excluding carboxylic acids is 1. The summed E-state index contributed by atoms with van der Waals surface area (Å²) in [6.07, 6.45) is 0.867. The first-order valence-corrected chi connectivity index (χ1v) is 9.71. The molecular formula is C22H25N5O. The van der Waals surface area contributed by atoms with E-state index in [0.29, 0.717) is 12.1 Å². The number of amides is 1. The van der Waals surface area contributed by atoms with Crippen LogP contribution >= 0.6 is 0 Å². The summed E-state index contributed by atoms with van der Waals surface area (Å²) in [7, 11) is 0. The summed E-state index contributed by atoms with van der Waals surface area (Å²) in [6, 6.07) is 17.9. The van der Waals surface area contributed by atoms with Crippen LogP contribution in [-0.4, -0.2) is 38.7 Å². The average molecular weight is 375 g/mol. The van der Waals surface area contributed by atoms with Crippen LogP contribution in [0.2, 0.25) is 0 Å². The molecule has 0 atom stereocenters. The summed E-state index contributed by atoms with van der Waals surface area (Å²) < 4.78 is 2.15. The van der Waals surface area contributed by atoms with Crippen LogP contribution in [0.15, 0.2) is 54.6 Å². The number of fused-ring (bicyclic) bond motifs is 1. The van der Waals surface area contributed by atoms with Gasteiger partial charge in [0.1, 0.15) is 5.82 Å². The largest absolute Gasteiger partial charge is 0.345 e. The number of carbonyl (C=O) groups is 1.